The number of aryl methyl sites for hydroxylation is 1. The molecule has 1 atom stereocenters. The molecule has 2 aromatic heterocycles. The predicted molar refractivity (Wildman–Crippen MR) is 127 cm³/mol. The molecule has 33 heavy (non-hydrogen) atoms. The minimum absolute atomic E-state index is 0.187. The van der Waals surface area contributed by atoms with Crippen LogP contribution in [0.2, 0.25) is 0 Å². The lowest BCUT2D eigenvalue weighted by atomic mass is 10.0. The van der Waals surface area contributed by atoms with Crippen molar-refractivity contribution in [3.05, 3.63) is 83.5 Å². The van der Waals surface area contributed by atoms with Crippen molar-refractivity contribution in [2.24, 2.45) is 0 Å². The van der Waals surface area contributed by atoms with Gasteiger partial charge in [-0.05, 0) is 39.0 Å². The Morgan fingerprint density at radius 1 is 1.36 bits per heavy atom. The summed E-state index contributed by atoms with van der Waals surface area (Å²) in [6.07, 6.45) is 4.46. The fourth-order valence-corrected chi connectivity index (χ4v) is 3.67. The van der Waals surface area contributed by atoms with Crippen LogP contribution in [0.3, 0.4) is 0 Å². The summed E-state index contributed by atoms with van der Waals surface area (Å²) in [5.41, 5.74) is 4.18. The van der Waals surface area contributed by atoms with Crippen LogP contribution in [0.4, 0.5) is 0 Å². The number of nitriles is 1. The van der Waals surface area contributed by atoms with Crippen LogP contribution in [0.15, 0.2) is 60.9 Å². The van der Waals surface area contributed by atoms with E-state index in [1.807, 2.05) is 44.1 Å². The van der Waals surface area contributed by atoms with Crippen molar-refractivity contribution in [2.75, 3.05) is 14.1 Å². The molecule has 10 heteroatoms. The zero-order valence-electron chi connectivity index (χ0n) is 19.3. The van der Waals surface area contributed by atoms with Gasteiger partial charge in [0.15, 0.2) is 11.5 Å². The Morgan fingerprint density at radius 3 is 2.52 bits per heavy atom. The molecule has 9 nitrogen and oxygen atoms in total. The van der Waals surface area contributed by atoms with Crippen LogP contribution in [-0.2, 0) is 9.09 Å². The number of likely N-dealkylation sites (N-methyl/N-ethyl adjacent to an activating group) is 1. The zero-order chi connectivity index (χ0) is 24.9. The average Bonchev–Trinajstić information content (AvgIpc) is 3.09. The molecule has 2 rings (SSSR count). The number of pyridine rings is 1. The van der Waals surface area contributed by atoms with E-state index < -0.39 is 13.9 Å². The van der Waals surface area contributed by atoms with Gasteiger partial charge in [-0.3, -0.25) is 4.52 Å². The van der Waals surface area contributed by atoms with Crippen molar-refractivity contribution in [3.8, 4) is 11.9 Å². The van der Waals surface area contributed by atoms with E-state index >= 15 is 0 Å². The lowest BCUT2D eigenvalue weighted by Gasteiger charge is -2.21. The maximum atomic E-state index is 11.4. The number of hydrogen-bond acceptors (Lipinski definition) is 6. The van der Waals surface area contributed by atoms with Crippen LogP contribution in [0.25, 0.3) is 11.4 Å². The summed E-state index contributed by atoms with van der Waals surface area (Å²) in [5, 5.41) is 13.5. The largest absolute Gasteiger partial charge is 0.470 e. The van der Waals surface area contributed by atoms with Crippen LogP contribution >= 0.6 is 7.82 Å². The molecule has 0 aliphatic rings. The molecule has 0 aliphatic heterocycles. The molecular weight excluding hydrogens is 441 g/mol. The Labute approximate surface area is 193 Å². The first kappa shape index (κ1) is 26.0. The maximum absolute atomic E-state index is 11.4. The quantitative estimate of drug-likeness (QED) is 0.413. The molecule has 0 saturated carbocycles. The third-order valence-corrected chi connectivity index (χ3v) is 5.20. The summed E-state index contributed by atoms with van der Waals surface area (Å²) in [6.45, 7) is 13.0. The summed E-state index contributed by atoms with van der Waals surface area (Å²) >= 11 is 0. The smallest absolute Gasteiger partial charge is 0.377 e. The normalized spacial score (nSPS) is 13.4. The standard InChI is InChI=1S/C23H28N5O4P/c1-8-19(22(27(6)7)12-9-15(2)3)21-11-10-20(17(5)32-33(29,30)31)23(25-21)28-16(4)13-18(14-24)26-28/h8-13,17H,1-2H2,3-7H3,(H2,29,30,31)/b12-9-,22-19+. The van der Waals surface area contributed by atoms with E-state index in [1.165, 1.54) is 11.6 Å². The fraction of sp³-hybridized carbons (Fsp3) is 0.261. The van der Waals surface area contributed by atoms with Crippen molar-refractivity contribution in [1.82, 2.24) is 19.7 Å². The van der Waals surface area contributed by atoms with Crippen LogP contribution in [0.1, 0.15) is 42.6 Å². The molecule has 174 valence electrons. The number of phosphoric ester groups is 1. The minimum Gasteiger partial charge on any atom is -0.377 e. The van der Waals surface area contributed by atoms with Gasteiger partial charge in [-0.15, -0.1) is 0 Å². The molecule has 2 heterocycles. The Balaban J connectivity index is 2.81. The van der Waals surface area contributed by atoms with Gasteiger partial charge in [0.25, 0.3) is 0 Å². The molecule has 0 amide bonds. The summed E-state index contributed by atoms with van der Waals surface area (Å²) in [6, 6.07) is 6.97. The topological polar surface area (TPSA) is 125 Å². The molecule has 0 aromatic carbocycles. The number of hydrogen-bond donors (Lipinski definition) is 2. The molecule has 2 aromatic rings. The first-order valence-corrected chi connectivity index (χ1v) is 11.5. The van der Waals surface area contributed by atoms with Gasteiger partial charge in [0.2, 0.25) is 0 Å². The first-order valence-electron chi connectivity index (χ1n) is 9.98. The Bertz CT molecular complexity index is 1210. The van der Waals surface area contributed by atoms with E-state index in [9.17, 15) is 19.6 Å². The van der Waals surface area contributed by atoms with Gasteiger partial charge in [0, 0.05) is 36.6 Å². The van der Waals surface area contributed by atoms with E-state index in [1.54, 1.807) is 31.2 Å². The Kier molecular flexibility index (Phi) is 8.31. The van der Waals surface area contributed by atoms with Crippen molar-refractivity contribution in [2.45, 2.75) is 26.9 Å². The van der Waals surface area contributed by atoms with Gasteiger partial charge in [0.05, 0.1) is 11.8 Å². The highest BCUT2D eigenvalue weighted by atomic mass is 31.2. The molecule has 0 aliphatic carbocycles. The molecule has 2 N–H and O–H groups in total. The number of allylic oxidation sites excluding steroid dienone is 5. The van der Waals surface area contributed by atoms with Crippen LogP contribution in [0, 0.1) is 18.3 Å². The second-order valence-electron chi connectivity index (χ2n) is 7.62. The zero-order valence-corrected chi connectivity index (χ0v) is 20.2. The van der Waals surface area contributed by atoms with E-state index in [0.29, 0.717) is 17.0 Å². The van der Waals surface area contributed by atoms with E-state index in [0.717, 1.165) is 16.8 Å². The number of aromatic nitrogens is 3. The average molecular weight is 469 g/mol. The van der Waals surface area contributed by atoms with Gasteiger partial charge in [0.1, 0.15) is 6.07 Å². The second kappa shape index (κ2) is 10.6. The molecule has 0 radical (unpaired) electrons. The SMILES string of the molecule is C=C/C(=C(/C=C\C(=C)C)N(C)C)c1ccc(C(C)OP(=O)(O)O)c(-n2nc(C#N)cc2C)n1. The highest BCUT2D eigenvalue weighted by Gasteiger charge is 2.25. The number of nitrogens with zero attached hydrogens (tertiary/aromatic N) is 5. The monoisotopic (exact) mass is 469 g/mol. The number of rotatable bonds is 9. The van der Waals surface area contributed by atoms with Crippen LogP contribution < -0.4 is 0 Å². The number of phosphoric acid groups is 1. The fourth-order valence-electron chi connectivity index (χ4n) is 3.14. The lowest BCUT2D eigenvalue weighted by molar-refractivity contribution is 0.145. The van der Waals surface area contributed by atoms with Crippen molar-refractivity contribution >= 4 is 13.4 Å². The maximum Gasteiger partial charge on any atom is 0.470 e. The molecule has 1 unspecified atom stereocenters. The second-order valence-corrected chi connectivity index (χ2v) is 8.81. The van der Waals surface area contributed by atoms with E-state index in [4.69, 9.17) is 9.51 Å². The third kappa shape index (κ3) is 6.60. The van der Waals surface area contributed by atoms with Gasteiger partial charge in [-0.1, -0.05) is 36.9 Å². The van der Waals surface area contributed by atoms with Gasteiger partial charge in [-0.25, -0.2) is 14.2 Å². The first-order chi connectivity index (χ1) is 15.4. The van der Waals surface area contributed by atoms with Gasteiger partial charge in [-0.2, -0.15) is 10.4 Å². The van der Waals surface area contributed by atoms with Gasteiger partial charge >= 0.3 is 7.82 Å². The predicted octanol–water partition coefficient (Wildman–Crippen LogP) is 4.21. The van der Waals surface area contributed by atoms with E-state index in [-0.39, 0.29) is 11.5 Å². The van der Waals surface area contributed by atoms with Crippen LogP contribution in [0.5, 0.6) is 0 Å². The third-order valence-electron chi connectivity index (χ3n) is 4.60. The summed E-state index contributed by atoms with van der Waals surface area (Å²) in [4.78, 5) is 25.2. The van der Waals surface area contributed by atoms with E-state index in [2.05, 4.69) is 18.3 Å². The summed E-state index contributed by atoms with van der Waals surface area (Å²) < 4.78 is 17.8. The molecule has 0 spiro atoms. The van der Waals surface area contributed by atoms with Crippen molar-refractivity contribution < 1.29 is 18.9 Å². The lowest BCUT2D eigenvalue weighted by Crippen LogP contribution is -2.14. The molecule has 0 saturated heterocycles. The Morgan fingerprint density at radius 2 is 2.03 bits per heavy atom. The minimum atomic E-state index is -4.75. The summed E-state index contributed by atoms with van der Waals surface area (Å²) in [5.74, 6) is 0.286. The van der Waals surface area contributed by atoms with Crippen molar-refractivity contribution in [1.29, 1.82) is 5.26 Å². The molecule has 0 fully saturated rings. The van der Waals surface area contributed by atoms with Crippen LogP contribution in [-0.4, -0.2) is 43.5 Å². The highest BCUT2D eigenvalue weighted by molar-refractivity contribution is 7.46. The molecule has 0 bridgehead atoms. The summed E-state index contributed by atoms with van der Waals surface area (Å²) in [7, 11) is -0.969. The van der Waals surface area contributed by atoms with Crippen molar-refractivity contribution in [3.63, 3.8) is 0 Å². The molecular formula is C23H28N5O4P. The Hall–Kier alpha value is -3.28. The van der Waals surface area contributed by atoms with Gasteiger partial charge < -0.3 is 14.7 Å². The highest BCUT2D eigenvalue weighted by Crippen LogP contribution is 2.43.